The fraction of sp³-hybridized carbons (Fsp3) is 0.188. The van der Waals surface area contributed by atoms with Crippen molar-refractivity contribution in [1.29, 1.82) is 0 Å². The lowest BCUT2D eigenvalue weighted by molar-refractivity contribution is -0.157. The second-order valence-corrected chi connectivity index (χ2v) is 5.22. The standard InChI is InChI=1S/C16H13NO5/c18-13(10-4-2-1-3-5-10)11-6-7-12-16(14(19)20,15(21)22)8-9-17(11)12/h1-7H,8-9H2,(H,19,20)(H,21,22). The molecular weight excluding hydrogens is 286 g/mol. The molecule has 3 rings (SSSR count). The van der Waals surface area contributed by atoms with Gasteiger partial charge in [0.2, 0.25) is 11.2 Å². The van der Waals surface area contributed by atoms with Crippen molar-refractivity contribution in [3.63, 3.8) is 0 Å². The number of carboxylic acid groups (broad SMARTS) is 2. The molecule has 2 N–H and O–H groups in total. The number of hydrogen-bond acceptors (Lipinski definition) is 3. The first kappa shape index (κ1) is 14.1. The zero-order chi connectivity index (χ0) is 15.9. The molecular formula is C16H13NO5. The van der Waals surface area contributed by atoms with Crippen molar-refractivity contribution in [3.8, 4) is 0 Å². The number of nitrogens with zero attached hydrogens (tertiary/aromatic N) is 1. The van der Waals surface area contributed by atoms with E-state index in [2.05, 4.69) is 0 Å². The maximum atomic E-state index is 12.5. The largest absolute Gasteiger partial charge is 0.480 e. The van der Waals surface area contributed by atoms with Crippen molar-refractivity contribution >= 4 is 17.7 Å². The summed E-state index contributed by atoms with van der Waals surface area (Å²) in [5.74, 6) is -3.07. The van der Waals surface area contributed by atoms with Crippen molar-refractivity contribution in [1.82, 2.24) is 4.57 Å². The Labute approximate surface area is 125 Å². The van der Waals surface area contributed by atoms with Crippen molar-refractivity contribution < 1.29 is 24.6 Å². The Morgan fingerprint density at radius 1 is 0.955 bits per heavy atom. The summed E-state index contributed by atoms with van der Waals surface area (Å²) < 4.78 is 1.50. The van der Waals surface area contributed by atoms with Gasteiger partial charge in [0.15, 0.2) is 0 Å². The van der Waals surface area contributed by atoms with E-state index in [0.29, 0.717) is 11.3 Å². The molecule has 1 aromatic carbocycles. The summed E-state index contributed by atoms with van der Waals surface area (Å²) in [6.07, 6.45) is -0.0666. The van der Waals surface area contributed by atoms with E-state index in [1.54, 1.807) is 30.3 Å². The average Bonchev–Trinajstić information content (AvgIpc) is 3.07. The number of ketones is 1. The van der Waals surface area contributed by atoms with E-state index in [1.807, 2.05) is 0 Å². The zero-order valence-electron chi connectivity index (χ0n) is 11.5. The Bertz CT molecular complexity index is 761. The summed E-state index contributed by atoms with van der Waals surface area (Å²) in [4.78, 5) is 35.5. The van der Waals surface area contributed by atoms with Crippen molar-refractivity contribution in [3.05, 3.63) is 59.4 Å². The van der Waals surface area contributed by atoms with Gasteiger partial charge >= 0.3 is 11.9 Å². The maximum absolute atomic E-state index is 12.5. The van der Waals surface area contributed by atoms with Gasteiger partial charge in [0.05, 0.1) is 5.69 Å². The monoisotopic (exact) mass is 299 g/mol. The minimum atomic E-state index is -1.98. The van der Waals surface area contributed by atoms with Crippen LogP contribution in [0.2, 0.25) is 0 Å². The van der Waals surface area contributed by atoms with Crippen LogP contribution < -0.4 is 0 Å². The van der Waals surface area contributed by atoms with Gasteiger partial charge in [-0.05, 0) is 18.6 Å². The summed E-state index contributed by atoms with van der Waals surface area (Å²) in [6.45, 7) is 0.189. The molecule has 0 atom stereocenters. The number of carbonyl (C=O) groups is 3. The van der Waals surface area contributed by atoms with Gasteiger partial charge in [0.25, 0.3) is 0 Å². The number of rotatable bonds is 4. The van der Waals surface area contributed by atoms with Crippen LogP contribution in [0.4, 0.5) is 0 Å². The second kappa shape index (κ2) is 4.84. The Hall–Kier alpha value is -2.89. The molecule has 6 nitrogen and oxygen atoms in total. The SMILES string of the molecule is O=C(c1ccccc1)c1ccc2n1CCC2(C(=O)O)C(=O)O. The van der Waals surface area contributed by atoms with E-state index in [0.717, 1.165) is 0 Å². The number of benzene rings is 1. The summed E-state index contributed by atoms with van der Waals surface area (Å²) in [5.41, 5.74) is -1.04. The van der Waals surface area contributed by atoms with Gasteiger partial charge in [-0.2, -0.15) is 0 Å². The van der Waals surface area contributed by atoms with Gasteiger partial charge < -0.3 is 14.8 Å². The molecule has 0 saturated heterocycles. The Morgan fingerprint density at radius 3 is 2.18 bits per heavy atom. The van der Waals surface area contributed by atoms with Gasteiger partial charge in [-0.15, -0.1) is 0 Å². The zero-order valence-corrected chi connectivity index (χ0v) is 11.5. The predicted octanol–water partition coefficient (Wildman–Crippen LogP) is 1.53. The van der Waals surface area contributed by atoms with Crippen LogP contribution in [0.3, 0.4) is 0 Å². The number of carboxylic acids is 2. The van der Waals surface area contributed by atoms with Crippen LogP contribution in [0.5, 0.6) is 0 Å². The lowest BCUT2D eigenvalue weighted by atomic mass is 9.84. The van der Waals surface area contributed by atoms with E-state index in [-0.39, 0.29) is 24.4 Å². The van der Waals surface area contributed by atoms with Crippen LogP contribution in [0, 0.1) is 0 Å². The number of aliphatic carboxylic acids is 2. The molecule has 22 heavy (non-hydrogen) atoms. The van der Waals surface area contributed by atoms with Gasteiger partial charge in [0, 0.05) is 17.8 Å². The average molecular weight is 299 g/mol. The van der Waals surface area contributed by atoms with Crippen LogP contribution in [0.15, 0.2) is 42.5 Å². The quantitative estimate of drug-likeness (QED) is 0.659. The highest BCUT2D eigenvalue weighted by Crippen LogP contribution is 2.38. The molecule has 2 aromatic rings. The van der Waals surface area contributed by atoms with Crippen molar-refractivity contribution in [2.45, 2.75) is 18.4 Å². The van der Waals surface area contributed by atoms with Crippen LogP contribution in [-0.2, 0) is 21.5 Å². The van der Waals surface area contributed by atoms with E-state index < -0.39 is 17.4 Å². The van der Waals surface area contributed by atoms with E-state index in [1.165, 1.54) is 16.7 Å². The normalized spacial score (nSPS) is 15.3. The van der Waals surface area contributed by atoms with Crippen LogP contribution >= 0.6 is 0 Å². The number of aromatic nitrogens is 1. The minimum Gasteiger partial charge on any atom is -0.480 e. The lowest BCUT2D eigenvalue weighted by Crippen LogP contribution is -2.41. The summed E-state index contributed by atoms with van der Waals surface area (Å²) in [7, 11) is 0. The summed E-state index contributed by atoms with van der Waals surface area (Å²) in [6, 6.07) is 11.5. The molecule has 0 bridgehead atoms. The number of carbonyl (C=O) groups excluding carboxylic acids is 1. The smallest absolute Gasteiger partial charge is 0.327 e. The van der Waals surface area contributed by atoms with Gasteiger partial charge in [-0.25, -0.2) is 0 Å². The first-order valence-corrected chi connectivity index (χ1v) is 6.75. The van der Waals surface area contributed by atoms with Crippen molar-refractivity contribution in [2.24, 2.45) is 0 Å². The molecule has 112 valence electrons. The van der Waals surface area contributed by atoms with Crippen LogP contribution in [0.1, 0.15) is 28.2 Å². The van der Waals surface area contributed by atoms with Gasteiger partial charge in [-0.1, -0.05) is 30.3 Å². The molecule has 1 aliphatic heterocycles. The molecule has 0 fully saturated rings. The van der Waals surface area contributed by atoms with E-state index in [4.69, 9.17) is 0 Å². The highest BCUT2D eigenvalue weighted by atomic mass is 16.4. The third kappa shape index (κ3) is 1.77. The molecule has 0 amide bonds. The summed E-state index contributed by atoms with van der Waals surface area (Å²) in [5, 5.41) is 18.7. The second-order valence-electron chi connectivity index (χ2n) is 5.22. The highest BCUT2D eigenvalue weighted by molar-refractivity contribution is 6.09. The topological polar surface area (TPSA) is 96.6 Å². The molecule has 0 saturated carbocycles. The Balaban J connectivity index is 2.09. The van der Waals surface area contributed by atoms with Crippen LogP contribution in [-0.4, -0.2) is 32.5 Å². The molecule has 1 aliphatic rings. The van der Waals surface area contributed by atoms with E-state index >= 15 is 0 Å². The molecule has 2 heterocycles. The van der Waals surface area contributed by atoms with Gasteiger partial charge in [0.1, 0.15) is 0 Å². The molecule has 0 unspecified atom stereocenters. The molecule has 1 aromatic heterocycles. The number of fused-ring (bicyclic) bond motifs is 1. The Kier molecular flexibility index (Phi) is 3.09. The number of hydrogen-bond donors (Lipinski definition) is 2. The Morgan fingerprint density at radius 2 is 1.59 bits per heavy atom. The summed E-state index contributed by atoms with van der Waals surface area (Å²) >= 11 is 0. The predicted molar refractivity (Wildman–Crippen MR) is 75.9 cm³/mol. The molecule has 0 aliphatic carbocycles. The minimum absolute atomic E-state index is 0.0666. The fourth-order valence-corrected chi connectivity index (χ4v) is 2.95. The molecule has 0 radical (unpaired) electrons. The molecule has 6 heteroatoms. The fourth-order valence-electron chi connectivity index (χ4n) is 2.95. The van der Waals surface area contributed by atoms with Crippen LogP contribution in [0.25, 0.3) is 0 Å². The molecule has 0 spiro atoms. The lowest BCUT2D eigenvalue weighted by Gasteiger charge is -2.17. The highest BCUT2D eigenvalue weighted by Gasteiger charge is 2.54. The maximum Gasteiger partial charge on any atom is 0.327 e. The third-order valence-corrected chi connectivity index (χ3v) is 4.13. The van der Waals surface area contributed by atoms with E-state index in [9.17, 15) is 24.6 Å². The first-order valence-electron chi connectivity index (χ1n) is 6.75. The third-order valence-electron chi connectivity index (χ3n) is 4.13. The first-order chi connectivity index (χ1) is 10.5. The van der Waals surface area contributed by atoms with Gasteiger partial charge in [-0.3, -0.25) is 14.4 Å². The van der Waals surface area contributed by atoms with Crippen molar-refractivity contribution in [2.75, 3.05) is 0 Å².